The van der Waals surface area contributed by atoms with E-state index in [1.807, 2.05) is 52.0 Å². The molecule has 0 spiro atoms. The van der Waals surface area contributed by atoms with Crippen LogP contribution >= 0.6 is 11.6 Å². The topological polar surface area (TPSA) is 73.8 Å². The molecule has 0 aliphatic rings. The van der Waals surface area contributed by atoms with E-state index in [2.05, 4.69) is 15.6 Å². The summed E-state index contributed by atoms with van der Waals surface area (Å²) < 4.78 is 25.9. The number of aliphatic imine (C=N–C) groups is 1. The van der Waals surface area contributed by atoms with Gasteiger partial charge in [0, 0.05) is 24.7 Å². The standard InChI is InChI=1S/C17H29ClN4O2S/c1-5-19-17(20-12-13-25(23,24)22(6-2)7-3)21-14(4)15-10-8-9-11-16(15)18/h8-11,14H,5-7,12-13H2,1-4H3,(H2,19,20,21). The summed E-state index contributed by atoms with van der Waals surface area (Å²) in [6, 6.07) is 7.56. The second-order valence-corrected chi connectivity index (χ2v) is 8.04. The molecule has 1 unspecified atom stereocenters. The highest BCUT2D eigenvalue weighted by molar-refractivity contribution is 7.89. The molecule has 0 aliphatic heterocycles. The van der Waals surface area contributed by atoms with Crippen LogP contribution < -0.4 is 10.6 Å². The Morgan fingerprint density at radius 2 is 1.88 bits per heavy atom. The number of benzene rings is 1. The summed E-state index contributed by atoms with van der Waals surface area (Å²) in [4.78, 5) is 4.39. The summed E-state index contributed by atoms with van der Waals surface area (Å²) in [5.74, 6) is 0.566. The largest absolute Gasteiger partial charge is 0.357 e. The van der Waals surface area contributed by atoms with Crippen LogP contribution in [0.15, 0.2) is 29.3 Å². The lowest BCUT2D eigenvalue weighted by Crippen LogP contribution is -2.39. The lowest BCUT2D eigenvalue weighted by atomic mass is 10.1. The van der Waals surface area contributed by atoms with Gasteiger partial charge in [0.05, 0.1) is 18.3 Å². The summed E-state index contributed by atoms with van der Waals surface area (Å²) in [5, 5.41) is 7.08. The molecule has 0 aliphatic carbocycles. The normalized spacial score (nSPS) is 13.8. The zero-order valence-electron chi connectivity index (χ0n) is 15.4. The number of rotatable bonds is 9. The van der Waals surface area contributed by atoms with E-state index < -0.39 is 10.0 Å². The Morgan fingerprint density at radius 1 is 1.24 bits per heavy atom. The first-order valence-electron chi connectivity index (χ1n) is 8.62. The van der Waals surface area contributed by atoms with E-state index in [0.717, 1.165) is 5.56 Å². The molecular weight excluding hydrogens is 360 g/mol. The average molecular weight is 389 g/mol. The molecule has 1 rings (SSSR count). The Hall–Kier alpha value is -1.31. The third-order valence-electron chi connectivity index (χ3n) is 3.79. The van der Waals surface area contributed by atoms with Crippen molar-refractivity contribution in [3.05, 3.63) is 34.9 Å². The van der Waals surface area contributed by atoms with Gasteiger partial charge in [-0.3, -0.25) is 4.99 Å². The van der Waals surface area contributed by atoms with E-state index in [1.165, 1.54) is 4.31 Å². The van der Waals surface area contributed by atoms with Crippen LogP contribution in [0.4, 0.5) is 0 Å². The molecule has 25 heavy (non-hydrogen) atoms. The van der Waals surface area contributed by atoms with Gasteiger partial charge in [0.15, 0.2) is 5.96 Å². The van der Waals surface area contributed by atoms with Gasteiger partial charge in [0.1, 0.15) is 0 Å². The van der Waals surface area contributed by atoms with Crippen molar-refractivity contribution in [3.8, 4) is 0 Å². The summed E-state index contributed by atoms with van der Waals surface area (Å²) in [6.45, 7) is 9.45. The average Bonchev–Trinajstić information content (AvgIpc) is 2.56. The molecule has 0 saturated carbocycles. The van der Waals surface area contributed by atoms with E-state index in [1.54, 1.807) is 0 Å². The van der Waals surface area contributed by atoms with Crippen LogP contribution in [0.2, 0.25) is 5.02 Å². The van der Waals surface area contributed by atoms with Crippen molar-refractivity contribution < 1.29 is 8.42 Å². The molecule has 0 amide bonds. The SMILES string of the molecule is CCNC(=NCCS(=O)(=O)N(CC)CC)NC(C)c1ccccc1Cl. The fraction of sp³-hybridized carbons (Fsp3) is 0.588. The lowest BCUT2D eigenvalue weighted by molar-refractivity contribution is 0.445. The number of hydrogen-bond donors (Lipinski definition) is 2. The van der Waals surface area contributed by atoms with Gasteiger partial charge in [0.2, 0.25) is 10.0 Å². The van der Waals surface area contributed by atoms with Crippen molar-refractivity contribution >= 4 is 27.6 Å². The molecule has 2 N–H and O–H groups in total. The number of guanidine groups is 1. The zero-order chi connectivity index (χ0) is 18.9. The second kappa shape index (κ2) is 10.6. The van der Waals surface area contributed by atoms with Crippen molar-refractivity contribution in [2.24, 2.45) is 4.99 Å². The highest BCUT2D eigenvalue weighted by atomic mass is 35.5. The minimum Gasteiger partial charge on any atom is -0.357 e. The Kier molecular flexibility index (Phi) is 9.24. The van der Waals surface area contributed by atoms with Crippen LogP contribution in [-0.4, -0.2) is 50.6 Å². The van der Waals surface area contributed by atoms with Crippen molar-refractivity contribution in [1.29, 1.82) is 0 Å². The smallest absolute Gasteiger partial charge is 0.215 e. The predicted octanol–water partition coefficient (Wildman–Crippen LogP) is 2.63. The summed E-state index contributed by atoms with van der Waals surface area (Å²) in [7, 11) is -3.27. The first-order chi connectivity index (χ1) is 11.9. The summed E-state index contributed by atoms with van der Waals surface area (Å²) in [6.07, 6.45) is 0. The highest BCUT2D eigenvalue weighted by Crippen LogP contribution is 2.21. The maximum absolute atomic E-state index is 12.2. The molecule has 6 nitrogen and oxygen atoms in total. The first kappa shape index (κ1) is 21.7. The monoisotopic (exact) mass is 388 g/mol. The van der Waals surface area contributed by atoms with Crippen LogP contribution in [0.25, 0.3) is 0 Å². The Balaban J connectivity index is 2.76. The molecular formula is C17H29ClN4O2S. The van der Waals surface area contributed by atoms with E-state index in [0.29, 0.717) is 30.6 Å². The molecule has 0 aromatic heterocycles. The lowest BCUT2D eigenvalue weighted by Gasteiger charge is -2.20. The fourth-order valence-electron chi connectivity index (χ4n) is 2.45. The summed E-state index contributed by atoms with van der Waals surface area (Å²) >= 11 is 6.23. The molecule has 0 heterocycles. The predicted molar refractivity (Wildman–Crippen MR) is 106 cm³/mol. The Labute approximate surface area is 156 Å². The van der Waals surface area contributed by atoms with Crippen molar-refractivity contribution in [1.82, 2.24) is 14.9 Å². The quantitative estimate of drug-likeness (QED) is 0.503. The van der Waals surface area contributed by atoms with E-state index in [4.69, 9.17) is 11.6 Å². The van der Waals surface area contributed by atoms with Crippen molar-refractivity contribution in [2.75, 3.05) is 31.9 Å². The highest BCUT2D eigenvalue weighted by Gasteiger charge is 2.18. The van der Waals surface area contributed by atoms with Gasteiger partial charge in [0.25, 0.3) is 0 Å². The van der Waals surface area contributed by atoms with Crippen LogP contribution in [0.3, 0.4) is 0 Å². The molecule has 0 saturated heterocycles. The van der Waals surface area contributed by atoms with Gasteiger partial charge in [-0.05, 0) is 25.5 Å². The van der Waals surface area contributed by atoms with Gasteiger partial charge in [-0.15, -0.1) is 0 Å². The molecule has 8 heteroatoms. The van der Waals surface area contributed by atoms with E-state index in [9.17, 15) is 8.42 Å². The van der Waals surface area contributed by atoms with Crippen LogP contribution in [0.5, 0.6) is 0 Å². The van der Waals surface area contributed by atoms with Crippen LogP contribution in [-0.2, 0) is 10.0 Å². The third-order valence-corrected chi connectivity index (χ3v) is 6.13. The summed E-state index contributed by atoms with van der Waals surface area (Å²) in [5.41, 5.74) is 0.963. The molecule has 0 fully saturated rings. The number of halogens is 1. The molecule has 0 bridgehead atoms. The van der Waals surface area contributed by atoms with Crippen molar-refractivity contribution in [2.45, 2.75) is 33.7 Å². The molecule has 1 aromatic carbocycles. The van der Waals surface area contributed by atoms with Gasteiger partial charge in [-0.2, -0.15) is 0 Å². The molecule has 142 valence electrons. The number of sulfonamides is 1. The van der Waals surface area contributed by atoms with Crippen LogP contribution in [0, 0.1) is 0 Å². The Morgan fingerprint density at radius 3 is 2.44 bits per heavy atom. The maximum Gasteiger partial charge on any atom is 0.215 e. The van der Waals surface area contributed by atoms with Gasteiger partial charge in [-0.1, -0.05) is 43.6 Å². The third kappa shape index (κ3) is 6.84. The molecule has 1 aromatic rings. The van der Waals surface area contributed by atoms with Gasteiger partial charge < -0.3 is 10.6 Å². The fourth-order valence-corrected chi connectivity index (χ4v) is 4.11. The van der Waals surface area contributed by atoms with E-state index in [-0.39, 0.29) is 18.3 Å². The Bertz CT molecular complexity index is 660. The van der Waals surface area contributed by atoms with Gasteiger partial charge in [-0.25, -0.2) is 12.7 Å². The van der Waals surface area contributed by atoms with Gasteiger partial charge >= 0.3 is 0 Å². The molecule has 1 atom stereocenters. The van der Waals surface area contributed by atoms with Crippen molar-refractivity contribution in [3.63, 3.8) is 0 Å². The minimum absolute atomic E-state index is 0.00821. The number of nitrogens with one attached hydrogen (secondary N) is 2. The second-order valence-electron chi connectivity index (χ2n) is 5.55. The zero-order valence-corrected chi connectivity index (χ0v) is 17.0. The maximum atomic E-state index is 12.2. The molecule has 0 radical (unpaired) electrons. The first-order valence-corrected chi connectivity index (χ1v) is 10.6. The minimum atomic E-state index is -3.27. The van der Waals surface area contributed by atoms with Crippen LogP contribution in [0.1, 0.15) is 39.3 Å². The van der Waals surface area contributed by atoms with E-state index >= 15 is 0 Å². The number of hydrogen-bond acceptors (Lipinski definition) is 3. The number of nitrogens with zero attached hydrogens (tertiary/aromatic N) is 2.